The van der Waals surface area contributed by atoms with E-state index in [1.165, 1.54) is 25.3 Å². The van der Waals surface area contributed by atoms with Crippen LogP contribution in [0.4, 0.5) is 5.69 Å². The number of rotatable bonds is 8. The summed E-state index contributed by atoms with van der Waals surface area (Å²) >= 11 is 0. The lowest BCUT2D eigenvalue weighted by Crippen LogP contribution is -2.03. The molecule has 2 aromatic rings. The van der Waals surface area contributed by atoms with Crippen LogP contribution in [0.3, 0.4) is 0 Å². The Morgan fingerprint density at radius 2 is 2.17 bits per heavy atom. The van der Waals surface area contributed by atoms with Gasteiger partial charge >= 0.3 is 0 Å². The minimum atomic E-state index is -0.513. The molecule has 2 rings (SSSR count). The van der Waals surface area contributed by atoms with Crippen molar-refractivity contribution in [3.63, 3.8) is 0 Å². The Balaban J connectivity index is 2.08. The summed E-state index contributed by atoms with van der Waals surface area (Å²) in [6.45, 7) is 4.17. The zero-order valence-corrected chi connectivity index (χ0v) is 13.0. The lowest BCUT2D eigenvalue weighted by molar-refractivity contribution is -0.385. The van der Waals surface area contributed by atoms with Crippen molar-refractivity contribution in [3.8, 4) is 11.5 Å². The van der Waals surface area contributed by atoms with Crippen LogP contribution in [0, 0.1) is 10.1 Å². The Labute approximate surface area is 132 Å². The van der Waals surface area contributed by atoms with Crippen LogP contribution in [0.15, 0.2) is 22.7 Å². The number of hydrogen-bond acceptors (Lipinski definition) is 8. The first-order valence-corrected chi connectivity index (χ1v) is 6.94. The van der Waals surface area contributed by atoms with Crippen molar-refractivity contribution in [2.75, 3.05) is 13.7 Å². The Kier molecular flexibility index (Phi) is 5.47. The first-order chi connectivity index (χ1) is 11.0. The molecular weight excluding hydrogens is 306 g/mol. The lowest BCUT2D eigenvalue weighted by Gasteiger charge is -2.08. The van der Waals surface area contributed by atoms with Crippen LogP contribution in [-0.4, -0.2) is 28.8 Å². The summed E-state index contributed by atoms with van der Waals surface area (Å²) in [6, 6.07) is 4.07. The van der Waals surface area contributed by atoms with E-state index >= 15 is 0 Å². The molecule has 1 atom stereocenters. The van der Waals surface area contributed by atoms with Crippen LogP contribution in [0.25, 0.3) is 0 Å². The van der Waals surface area contributed by atoms with Crippen molar-refractivity contribution in [2.24, 2.45) is 0 Å². The third-order valence-corrected chi connectivity index (χ3v) is 2.97. The van der Waals surface area contributed by atoms with Crippen LogP contribution in [-0.2, 0) is 11.3 Å². The Hall–Kier alpha value is -2.68. The van der Waals surface area contributed by atoms with Gasteiger partial charge in [0.15, 0.2) is 23.9 Å². The maximum Gasteiger partial charge on any atom is 0.273 e. The Morgan fingerprint density at radius 1 is 1.39 bits per heavy atom. The highest BCUT2D eigenvalue weighted by molar-refractivity contribution is 5.48. The van der Waals surface area contributed by atoms with E-state index < -0.39 is 4.92 Å². The summed E-state index contributed by atoms with van der Waals surface area (Å²) in [5, 5.41) is 14.6. The average molecular weight is 323 g/mol. The van der Waals surface area contributed by atoms with Crippen LogP contribution in [0.2, 0.25) is 0 Å². The van der Waals surface area contributed by atoms with Crippen LogP contribution in [0.5, 0.6) is 11.5 Å². The molecule has 1 aromatic heterocycles. The summed E-state index contributed by atoms with van der Waals surface area (Å²) in [7, 11) is 1.45. The fraction of sp³-hybridized carbons (Fsp3) is 0.429. The van der Waals surface area contributed by atoms with Gasteiger partial charge in [0.25, 0.3) is 11.6 Å². The molecule has 0 bridgehead atoms. The van der Waals surface area contributed by atoms with Gasteiger partial charge in [-0.3, -0.25) is 10.1 Å². The summed E-state index contributed by atoms with van der Waals surface area (Å²) in [5.41, 5.74) is -0.100. The first-order valence-electron chi connectivity index (χ1n) is 6.94. The molecule has 1 unspecified atom stereocenters. The summed E-state index contributed by atoms with van der Waals surface area (Å²) in [6.07, 6.45) is -0.287. The molecule has 0 aliphatic carbocycles. The monoisotopic (exact) mass is 323 g/mol. The molecule has 9 heteroatoms. The second kappa shape index (κ2) is 7.54. The van der Waals surface area contributed by atoms with Crippen LogP contribution in [0.1, 0.15) is 31.7 Å². The minimum absolute atomic E-state index is 0.0383. The lowest BCUT2D eigenvalue weighted by atomic mass is 10.3. The molecule has 23 heavy (non-hydrogen) atoms. The van der Waals surface area contributed by atoms with E-state index in [0.717, 1.165) is 0 Å². The van der Waals surface area contributed by atoms with Gasteiger partial charge in [-0.05, 0) is 19.9 Å². The molecule has 0 aliphatic heterocycles. The number of hydrogen-bond donors (Lipinski definition) is 0. The molecule has 0 fully saturated rings. The maximum atomic E-state index is 10.8. The number of aromatic nitrogens is 2. The van der Waals surface area contributed by atoms with E-state index in [2.05, 4.69) is 10.1 Å². The number of benzene rings is 1. The predicted molar refractivity (Wildman–Crippen MR) is 78.3 cm³/mol. The number of nitrogens with zero attached hydrogens (tertiary/aromatic N) is 3. The van der Waals surface area contributed by atoms with Gasteiger partial charge in [0.05, 0.1) is 18.1 Å². The van der Waals surface area contributed by atoms with E-state index in [-0.39, 0.29) is 30.0 Å². The highest BCUT2D eigenvalue weighted by atomic mass is 16.6. The number of non-ortho nitro benzene ring substituents is 1. The van der Waals surface area contributed by atoms with E-state index in [9.17, 15) is 10.1 Å². The number of methoxy groups -OCH3 is 1. The molecule has 1 heterocycles. The normalized spacial score (nSPS) is 12.0. The van der Waals surface area contributed by atoms with Crippen LogP contribution < -0.4 is 9.47 Å². The largest absolute Gasteiger partial charge is 0.493 e. The second-order valence-corrected chi connectivity index (χ2v) is 4.52. The van der Waals surface area contributed by atoms with Gasteiger partial charge in [-0.1, -0.05) is 5.16 Å². The quantitative estimate of drug-likeness (QED) is 0.538. The SMILES string of the molecule is CCOC(C)c1noc(COc2cc([N+](=O)[O-])ccc2OC)n1. The minimum Gasteiger partial charge on any atom is -0.493 e. The molecule has 0 N–H and O–H groups in total. The Bertz CT molecular complexity index is 672. The van der Waals surface area contributed by atoms with Gasteiger partial charge in [0.1, 0.15) is 6.10 Å². The fourth-order valence-electron chi connectivity index (χ4n) is 1.85. The highest BCUT2D eigenvalue weighted by Crippen LogP contribution is 2.31. The third-order valence-electron chi connectivity index (χ3n) is 2.97. The molecule has 124 valence electrons. The summed E-state index contributed by atoms with van der Waals surface area (Å²) in [4.78, 5) is 14.5. The molecule has 0 amide bonds. The fourth-order valence-corrected chi connectivity index (χ4v) is 1.85. The number of ether oxygens (including phenoxy) is 3. The van der Waals surface area contributed by atoms with Crippen molar-refractivity contribution >= 4 is 5.69 Å². The molecule has 0 spiro atoms. The van der Waals surface area contributed by atoms with E-state index in [1.807, 2.05) is 13.8 Å². The molecule has 0 radical (unpaired) electrons. The first kappa shape index (κ1) is 16.7. The van der Waals surface area contributed by atoms with Crippen molar-refractivity contribution in [3.05, 3.63) is 40.0 Å². The molecule has 9 nitrogen and oxygen atoms in total. The maximum absolute atomic E-state index is 10.8. The van der Waals surface area contributed by atoms with Crippen molar-refractivity contribution < 1.29 is 23.7 Å². The summed E-state index contributed by atoms with van der Waals surface area (Å²) < 4.78 is 21.0. The van der Waals surface area contributed by atoms with Crippen molar-refractivity contribution in [2.45, 2.75) is 26.6 Å². The van der Waals surface area contributed by atoms with E-state index in [4.69, 9.17) is 18.7 Å². The van der Waals surface area contributed by atoms with Crippen molar-refractivity contribution in [1.29, 1.82) is 0 Å². The molecular formula is C14H17N3O6. The van der Waals surface area contributed by atoms with Gasteiger partial charge in [0, 0.05) is 12.7 Å². The Morgan fingerprint density at radius 3 is 2.83 bits per heavy atom. The number of nitro benzene ring substituents is 1. The zero-order chi connectivity index (χ0) is 16.8. The third kappa shape index (κ3) is 4.16. The van der Waals surface area contributed by atoms with Crippen molar-refractivity contribution in [1.82, 2.24) is 10.1 Å². The molecule has 0 aliphatic rings. The molecule has 0 saturated carbocycles. The second-order valence-electron chi connectivity index (χ2n) is 4.52. The van der Waals surface area contributed by atoms with Gasteiger partial charge in [-0.25, -0.2) is 0 Å². The van der Waals surface area contributed by atoms with E-state index in [1.54, 1.807) is 0 Å². The molecule has 0 saturated heterocycles. The highest BCUT2D eigenvalue weighted by Gasteiger charge is 2.16. The van der Waals surface area contributed by atoms with E-state index in [0.29, 0.717) is 18.2 Å². The van der Waals surface area contributed by atoms with Gasteiger partial charge in [0.2, 0.25) is 0 Å². The summed E-state index contributed by atoms with van der Waals surface area (Å²) in [5.74, 6) is 1.24. The standard InChI is InChI=1S/C14H17N3O6/c1-4-21-9(2)14-15-13(23-16-14)8-22-12-7-10(17(18)19)5-6-11(12)20-3/h5-7,9H,4,8H2,1-3H3. The van der Waals surface area contributed by atoms with Gasteiger partial charge in [-0.15, -0.1) is 0 Å². The topological polar surface area (TPSA) is 110 Å². The van der Waals surface area contributed by atoms with Gasteiger partial charge in [-0.2, -0.15) is 4.98 Å². The smallest absolute Gasteiger partial charge is 0.273 e. The molecule has 1 aromatic carbocycles. The predicted octanol–water partition coefficient (Wildman–Crippen LogP) is 2.66. The number of nitro groups is 1. The average Bonchev–Trinajstić information content (AvgIpc) is 3.01. The van der Waals surface area contributed by atoms with Crippen LogP contribution >= 0.6 is 0 Å². The van der Waals surface area contributed by atoms with Gasteiger partial charge < -0.3 is 18.7 Å². The zero-order valence-electron chi connectivity index (χ0n) is 13.0.